The van der Waals surface area contributed by atoms with E-state index in [-0.39, 0.29) is 18.2 Å². The maximum atomic E-state index is 12.2. The Bertz CT molecular complexity index is 1400. The van der Waals surface area contributed by atoms with E-state index < -0.39 is 0 Å². The second-order valence-corrected chi connectivity index (χ2v) is 9.10. The second kappa shape index (κ2) is 7.80. The molecular formula is C23H22N6O2S. The standard InChI is InChI=1S/C23H22N6O2S/c1-13-7-15-9-19(32-22(15)18(8-13)31-2)16-10-17(29-21(16)23(25)26-12-27-29)14-4-6-28(11-14)20(30)3-5-24/h7-10,12,14H,3-4,6,11H2,1-2H3,(H2,25,26,27)/t14-/m1/s1. The Morgan fingerprint density at radius 2 is 2.22 bits per heavy atom. The van der Waals surface area contributed by atoms with Gasteiger partial charge in [0.1, 0.15) is 24.0 Å². The molecule has 0 bridgehead atoms. The van der Waals surface area contributed by atoms with E-state index in [2.05, 4.69) is 35.2 Å². The molecule has 0 saturated carbocycles. The van der Waals surface area contributed by atoms with Crippen molar-refractivity contribution in [3.63, 3.8) is 0 Å². The number of nitrogens with zero attached hydrogens (tertiary/aromatic N) is 5. The van der Waals surface area contributed by atoms with Crippen LogP contribution in [0.1, 0.15) is 30.0 Å². The van der Waals surface area contributed by atoms with Gasteiger partial charge < -0.3 is 15.4 Å². The van der Waals surface area contributed by atoms with Crippen molar-refractivity contribution in [2.24, 2.45) is 0 Å². The molecule has 2 N–H and O–H groups in total. The summed E-state index contributed by atoms with van der Waals surface area (Å²) in [5, 5.41) is 14.5. The maximum absolute atomic E-state index is 12.2. The number of nitrogens with two attached hydrogens (primary N) is 1. The average Bonchev–Trinajstić information content (AvgIpc) is 3.49. The minimum Gasteiger partial charge on any atom is -0.495 e. The molecule has 0 unspecified atom stereocenters. The second-order valence-electron chi connectivity index (χ2n) is 8.04. The van der Waals surface area contributed by atoms with Crippen LogP contribution in [0.2, 0.25) is 0 Å². The van der Waals surface area contributed by atoms with Crippen LogP contribution in [-0.2, 0) is 4.79 Å². The zero-order chi connectivity index (χ0) is 22.4. The highest BCUT2D eigenvalue weighted by Gasteiger charge is 2.31. The number of thiophene rings is 1. The SMILES string of the molecule is COc1cc(C)cc2cc(-c3cc([C@@H]4CCN(C(=O)CC#N)C4)n4ncnc(N)c34)sc12. The van der Waals surface area contributed by atoms with Gasteiger partial charge in [-0.25, -0.2) is 9.50 Å². The molecule has 1 saturated heterocycles. The molecule has 1 aliphatic rings. The molecule has 1 amide bonds. The fourth-order valence-corrected chi connectivity index (χ4v) is 5.68. The predicted octanol–water partition coefficient (Wildman–Crippen LogP) is 3.74. The minimum atomic E-state index is -0.128. The zero-order valence-corrected chi connectivity index (χ0v) is 18.6. The third-order valence-corrected chi connectivity index (χ3v) is 7.21. The van der Waals surface area contributed by atoms with Gasteiger partial charge in [-0.1, -0.05) is 6.07 Å². The Labute approximate surface area is 188 Å². The number of nitriles is 1. The third-order valence-electron chi connectivity index (χ3n) is 6.01. The highest BCUT2D eigenvalue weighted by Crippen LogP contribution is 2.43. The molecule has 4 aromatic rings. The first-order chi connectivity index (χ1) is 15.5. The number of benzene rings is 1. The Balaban J connectivity index is 1.62. The van der Waals surface area contributed by atoms with Crippen LogP contribution in [0, 0.1) is 18.3 Å². The molecule has 4 heterocycles. The lowest BCUT2D eigenvalue weighted by Crippen LogP contribution is -2.27. The van der Waals surface area contributed by atoms with Crippen molar-refractivity contribution < 1.29 is 9.53 Å². The monoisotopic (exact) mass is 446 g/mol. The van der Waals surface area contributed by atoms with Crippen molar-refractivity contribution in [2.45, 2.75) is 25.7 Å². The molecule has 0 aliphatic carbocycles. The summed E-state index contributed by atoms with van der Waals surface area (Å²) in [6, 6.07) is 10.4. The summed E-state index contributed by atoms with van der Waals surface area (Å²) in [4.78, 5) is 19.2. The van der Waals surface area contributed by atoms with E-state index in [0.717, 1.165) is 49.5 Å². The number of methoxy groups -OCH3 is 1. The number of aryl methyl sites for hydroxylation is 1. The summed E-state index contributed by atoms with van der Waals surface area (Å²) in [6.07, 6.45) is 2.18. The highest BCUT2D eigenvalue weighted by atomic mass is 32.1. The molecule has 1 aliphatic heterocycles. The van der Waals surface area contributed by atoms with Crippen molar-refractivity contribution in [3.05, 3.63) is 41.9 Å². The topological polar surface area (TPSA) is 110 Å². The van der Waals surface area contributed by atoms with Gasteiger partial charge in [-0.3, -0.25) is 4.79 Å². The summed E-state index contributed by atoms with van der Waals surface area (Å²) >= 11 is 1.65. The molecule has 5 rings (SSSR count). The van der Waals surface area contributed by atoms with Gasteiger partial charge in [0.05, 0.1) is 17.9 Å². The molecule has 9 heteroatoms. The van der Waals surface area contributed by atoms with Crippen molar-refractivity contribution in [3.8, 4) is 22.3 Å². The summed E-state index contributed by atoms with van der Waals surface area (Å²) in [6.45, 7) is 3.25. The minimum absolute atomic E-state index is 0.0922. The molecule has 0 radical (unpaired) electrons. The van der Waals surface area contributed by atoms with Gasteiger partial charge in [0.15, 0.2) is 5.82 Å². The largest absolute Gasteiger partial charge is 0.495 e. The van der Waals surface area contributed by atoms with Crippen molar-refractivity contribution in [1.29, 1.82) is 5.26 Å². The smallest absolute Gasteiger partial charge is 0.236 e. The lowest BCUT2D eigenvalue weighted by Gasteiger charge is -2.14. The molecule has 1 aromatic carbocycles. The van der Waals surface area contributed by atoms with Crippen LogP contribution in [0.5, 0.6) is 5.75 Å². The van der Waals surface area contributed by atoms with Crippen molar-refractivity contribution in [2.75, 3.05) is 25.9 Å². The van der Waals surface area contributed by atoms with Gasteiger partial charge in [-0.05, 0) is 42.5 Å². The number of anilines is 1. The number of fused-ring (bicyclic) bond motifs is 2. The predicted molar refractivity (Wildman–Crippen MR) is 124 cm³/mol. The van der Waals surface area contributed by atoms with Gasteiger partial charge in [0, 0.05) is 35.1 Å². The van der Waals surface area contributed by atoms with Crippen LogP contribution in [0.15, 0.2) is 30.6 Å². The number of hydrogen-bond acceptors (Lipinski definition) is 7. The number of aromatic nitrogens is 3. The number of likely N-dealkylation sites (tertiary alicyclic amines) is 1. The average molecular weight is 447 g/mol. The Kier molecular flexibility index (Phi) is 4.94. The molecule has 3 aromatic heterocycles. The number of rotatable bonds is 4. The number of ether oxygens (including phenoxy) is 1. The van der Waals surface area contributed by atoms with Gasteiger partial charge in [-0.2, -0.15) is 10.4 Å². The van der Waals surface area contributed by atoms with Crippen molar-refractivity contribution >= 4 is 38.7 Å². The van der Waals surface area contributed by atoms with Gasteiger partial charge in [0.25, 0.3) is 0 Å². The zero-order valence-electron chi connectivity index (χ0n) is 17.8. The number of hydrogen-bond donors (Lipinski definition) is 1. The van der Waals surface area contributed by atoms with Crippen LogP contribution in [0.3, 0.4) is 0 Å². The molecule has 0 spiro atoms. The summed E-state index contributed by atoms with van der Waals surface area (Å²) in [5.74, 6) is 1.25. The number of carbonyl (C=O) groups excluding carboxylic acids is 1. The first-order valence-corrected chi connectivity index (χ1v) is 11.2. The lowest BCUT2D eigenvalue weighted by atomic mass is 10.0. The first kappa shape index (κ1) is 20.3. The molecule has 1 fully saturated rings. The summed E-state index contributed by atoms with van der Waals surface area (Å²) < 4.78 is 8.54. The van der Waals surface area contributed by atoms with E-state index >= 15 is 0 Å². The Morgan fingerprint density at radius 1 is 1.38 bits per heavy atom. The molecule has 1 atom stereocenters. The van der Waals surface area contributed by atoms with Crippen molar-refractivity contribution in [1.82, 2.24) is 19.5 Å². The van der Waals surface area contributed by atoms with Crippen LogP contribution >= 0.6 is 11.3 Å². The Morgan fingerprint density at radius 3 is 3.00 bits per heavy atom. The lowest BCUT2D eigenvalue weighted by molar-refractivity contribution is -0.129. The number of amides is 1. The van der Waals surface area contributed by atoms with E-state index in [9.17, 15) is 4.79 Å². The van der Waals surface area contributed by atoms with E-state index in [0.29, 0.717) is 18.9 Å². The highest BCUT2D eigenvalue weighted by molar-refractivity contribution is 7.22. The fourth-order valence-electron chi connectivity index (χ4n) is 4.53. The van der Waals surface area contributed by atoms with E-state index in [1.54, 1.807) is 23.3 Å². The molecule has 32 heavy (non-hydrogen) atoms. The maximum Gasteiger partial charge on any atom is 0.236 e. The molecular weight excluding hydrogens is 424 g/mol. The molecule has 162 valence electrons. The third kappa shape index (κ3) is 3.24. The van der Waals surface area contributed by atoms with Crippen LogP contribution < -0.4 is 10.5 Å². The number of nitrogen functional groups attached to an aromatic ring is 1. The summed E-state index contributed by atoms with van der Waals surface area (Å²) in [7, 11) is 1.69. The quantitative estimate of drug-likeness (QED) is 0.511. The van der Waals surface area contributed by atoms with E-state index in [1.165, 1.54) is 6.33 Å². The number of carbonyl (C=O) groups is 1. The van der Waals surface area contributed by atoms with Gasteiger partial charge in [-0.15, -0.1) is 11.3 Å². The molecule has 8 nitrogen and oxygen atoms in total. The first-order valence-electron chi connectivity index (χ1n) is 10.4. The van der Waals surface area contributed by atoms with E-state index in [4.69, 9.17) is 15.7 Å². The van der Waals surface area contributed by atoms with Gasteiger partial charge in [0.2, 0.25) is 5.91 Å². The van der Waals surface area contributed by atoms with E-state index in [1.807, 2.05) is 16.7 Å². The summed E-state index contributed by atoms with van der Waals surface area (Å²) in [5.41, 5.74) is 10.2. The van der Waals surface area contributed by atoms with Crippen LogP contribution in [-0.4, -0.2) is 45.6 Å². The fraction of sp³-hybridized carbons (Fsp3) is 0.304. The normalized spacial score (nSPS) is 16.0. The van der Waals surface area contributed by atoms with Gasteiger partial charge >= 0.3 is 0 Å². The van der Waals surface area contributed by atoms with Crippen LogP contribution in [0.4, 0.5) is 5.82 Å². The van der Waals surface area contributed by atoms with Crippen LogP contribution in [0.25, 0.3) is 26.0 Å². The Hall–Kier alpha value is -3.64.